The first kappa shape index (κ1) is 20.3. The quantitative estimate of drug-likeness (QED) is 0.804. The van der Waals surface area contributed by atoms with Gasteiger partial charge in [-0.1, -0.05) is 37.5 Å². The second-order valence-corrected chi connectivity index (χ2v) is 9.74. The Morgan fingerprint density at radius 2 is 1.74 bits per heavy atom. The minimum absolute atomic E-state index is 0.0479. The summed E-state index contributed by atoms with van der Waals surface area (Å²) in [6.07, 6.45) is 7.21. The Labute approximate surface area is 161 Å². The van der Waals surface area contributed by atoms with Gasteiger partial charge < -0.3 is 5.32 Å². The highest BCUT2D eigenvalue weighted by Gasteiger charge is 2.31. The van der Waals surface area contributed by atoms with Crippen molar-refractivity contribution in [2.45, 2.75) is 50.7 Å². The summed E-state index contributed by atoms with van der Waals surface area (Å²) in [6.45, 7) is 1.38. The number of amides is 1. The van der Waals surface area contributed by atoms with Gasteiger partial charge in [0.1, 0.15) is 5.82 Å². The normalized spacial score (nSPS) is 20.5. The van der Waals surface area contributed by atoms with Gasteiger partial charge in [-0.15, -0.1) is 0 Å². The van der Waals surface area contributed by atoms with Gasteiger partial charge in [0, 0.05) is 31.1 Å². The zero-order valence-electron chi connectivity index (χ0n) is 15.7. The Kier molecular flexibility index (Phi) is 6.87. The molecule has 0 unspecified atom stereocenters. The van der Waals surface area contributed by atoms with Crippen LogP contribution in [-0.2, 0) is 20.6 Å². The molecule has 1 aromatic carbocycles. The molecular weight excluding hydrogens is 367 g/mol. The van der Waals surface area contributed by atoms with Crippen molar-refractivity contribution < 1.29 is 17.6 Å². The summed E-state index contributed by atoms with van der Waals surface area (Å²) in [5, 5.41) is 3.07. The summed E-state index contributed by atoms with van der Waals surface area (Å²) in [5.74, 6) is -0.333. The van der Waals surface area contributed by atoms with Crippen LogP contribution in [0, 0.1) is 17.7 Å². The number of nitrogens with zero attached hydrogens (tertiary/aromatic N) is 1. The van der Waals surface area contributed by atoms with Crippen LogP contribution in [0.15, 0.2) is 24.3 Å². The van der Waals surface area contributed by atoms with E-state index in [0.29, 0.717) is 31.8 Å². The van der Waals surface area contributed by atoms with Crippen molar-refractivity contribution in [2.24, 2.45) is 11.8 Å². The topological polar surface area (TPSA) is 66.5 Å². The second kappa shape index (κ2) is 9.15. The number of sulfonamides is 1. The van der Waals surface area contributed by atoms with Crippen molar-refractivity contribution in [3.05, 3.63) is 35.6 Å². The molecule has 150 valence electrons. The summed E-state index contributed by atoms with van der Waals surface area (Å²) in [6, 6.07) is 5.95. The van der Waals surface area contributed by atoms with Crippen molar-refractivity contribution in [3.63, 3.8) is 0 Å². The molecule has 0 bridgehead atoms. The second-order valence-electron chi connectivity index (χ2n) is 7.77. The molecule has 27 heavy (non-hydrogen) atoms. The molecule has 1 aliphatic carbocycles. The molecule has 1 aromatic rings. The maximum Gasteiger partial charge on any atom is 0.223 e. The van der Waals surface area contributed by atoms with E-state index in [-0.39, 0.29) is 23.1 Å². The molecule has 5 nitrogen and oxygen atoms in total. The van der Waals surface area contributed by atoms with Gasteiger partial charge in [-0.2, -0.15) is 0 Å². The first-order chi connectivity index (χ1) is 13.0. The summed E-state index contributed by atoms with van der Waals surface area (Å²) in [5.41, 5.74) is 0.185. The number of nitrogens with one attached hydrogen (secondary N) is 1. The van der Waals surface area contributed by atoms with E-state index in [1.165, 1.54) is 48.5 Å². The van der Waals surface area contributed by atoms with Gasteiger partial charge in [-0.3, -0.25) is 4.79 Å². The number of hydrogen-bond donors (Lipinski definition) is 1. The standard InChI is InChI=1S/C20H29FN2O3S/c21-19-9-5-4-8-18(19)15-27(25,26)23-12-10-17(11-13-23)20(24)22-14-16-6-2-1-3-7-16/h4-5,8-9,16-17H,1-3,6-7,10-15H2,(H,22,24). The third kappa shape index (κ3) is 5.51. The van der Waals surface area contributed by atoms with Crippen LogP contribution in [0.2, 0.25) is 0 Å². The van der Waals surface area contributed by atoms with E-state index in [0.717, 1.165) is 6.54 Å². The minimum atomic E-state index is -3.58. The van der Waals surface area contributed by atoms with E-state index < -0.39 is 15.8 Å². The van der Waals surface area contributed by atoms with Crippen LogP contribution < -0.4 is 5.32 Å². The highest BCUT2D eigenvalue weighted by molar-refractivity contribution is 7.88. The van der Waals surface area contributed by atoms with Gasteiger partial charge in [0.15, 0.2) is 0 Å². The number of benzene rings is 1. The zero-order chi connectivity index (χ0) is 19.3. The lowest BCUT2D eigenvalue weighted by atomic mass is 9.89. The molecule has 1 heterocycles. The Morgan fingerprint density at radius 1 is 1.07 bits per heavy atom. The first-order valence-corrected chi connectivity index (χ1v) is 11.6. The Morgan fingerprint density at radius 3 is 2.41 bits per heavy atom. The number of piperidine rings is 1. The molecule has 0 atom stereocenters. The van der Waals surface area contributed by atoms with E-state index in [1.807, 2.05) is 0 Å². The van der Waals surface area contributed by atoms with E-state index in [4.69, 9.17) is 0 Å². The lowest BCUT2D eigenvalue weighted by molar-refractivity contribution is -0.126. The third-order valence-electron chi connectivity index (χ3n) is 5.80. The van der Waals surface area contributed by atoms with Crippen LogP contribution in [0.4, 0.5) is 4.39 Å². The van der Waals surface area contributed by atoms with Gasteiger partial charge in [0.05, 0.1) is 5.75 Å². The van der Waals surface area contributed by atoms with Gasteiger partial charge in [0.2, 0.25) is 15.9 Å². The molecule has 0 aromatic heterocycles. The van der Waals surface area contributed by atoms with E-state index in [2.05, 4.69) is 5.32 Å². The largest absolute Gasteiger partial charge is 0.356 e. The molecule has 2 fully saturated rings. The molecule has 1 aliphatic heterocycles. The molecule has 0 spiro atoms. The van der Waals surface area contributed by atoms with E-state index in [1.54, 1.807) is 12.1 Å². The number of halogens is 1. The van der Waals surface area contributed by atoms with Crippen LogP contribution in [0.1, 0.15) is 50.5 Å². The van der Waals surface area contributed by atoms with Gasteiger partial charge in [-0.05, 0) is 37.7 Å². The molecule has 1 amide bonds. The van der Waals surface area contributed by atoms with Crippen LogP contribution in [0.25, 0.3) is 0 Å². The average molecular weight is 397 g/mol. The van der Waals surface area contributed by atoms with Crippen molar-refractivity contribution >= 4 is 15.9 Å². The van der Waals surface area contributed by atoms with Crippen LogP contribution in [-0.4, -0.2) is 38.3 Å². The monoisotopic (exact) mass is 396 g/mol. The highest BCUT2D eigenvalue weighted by Crippen LogP contribution is 2.25. The number of carbonyl (C=O) groups is 1. The lowest BCUT2D eigenvalue weighted by Gasteiger charge is -2.31. The Hall–Kier alpha value is -1.47. The van der Waals surface area contributed by atoms with Crippen LogP contribution >= 0.6 is 0 Å². The maximum atomic E-state index is 13.8. The lowest BCUT2D eigenvalue weighted by Crippen LogP contribution is -2.44. The van der Waals surface area contributed by atoms with Crippen LogP contribution in [0.3, 0.4) is 0 Å². The predicted molar refractivity (Wildman–Crippen MR) is 103 cm³/mol. The summed E-state index contributed by atoms with van der Waals surface area (Å²) in [7, 11) is -3.58. The van der Waals surface area contributed by atoms with Crippen LogP contribution in [0.5, 0.6) is 0 Å². The number of rotatable bonds is 6. The SMILES string of the molecule is O=C(NCC1CCCCC1)C1CCN(S(=O)(=O)Cc2ccccc2F)CC1. The van der Waals surface area contributed by atoms with Gasteiger partial charge in [-0.25, -0.2) is 17.1 Å². The smallest absolute Gasteiger partial charge is 0.223 e. The zero-order valence-corrected chi connectivity index (χ0v) is 16.5. The molecule has 1 saturated carbocycles. The fourth-order valence-corrected chi connectivity index (χ4v) is 5.66. The van der Waals surface area contributed by atoms with Crippen molar-refractivity contribution in [2.75, 3.05) is 19.6 Å². The third-order valence-corrected chi connectivity index (χ3v) is 7.63. The first-order valence-electron chi connectivity index (χ1n) is 9.94. The Balaban J connectivity index is 1.47. The van der Waals surface area contributed by atoms with Crippen molar-refractivity contribution in [1.82, 2.24) is 9.62 Å². The fourth-order valence-electron chi connectivity index (χ4n) is 4.08. The summed E-state index contributed by atoms with van der Waals surface area (Å²) < 4.78 is 40.3. The summed E-state index contributed by atoms with van der Waals surface area (Å²) >= 11 is 0. The molecular formula is C20H29FN2O3S. The molecule has 1 N–H and O–H groups in total. The Bertz CT molecular complexity index is 739. The molecule has 7 heteroatoms. The highest BCUT2D eigenvalue weighted by atomic mass is 32.2. The van der Waals surface area contributed by atoms with Gasteiger partial charge >= 0.3 is 0 Å². The van der Waals surface area contributed by atoms with Crippen molar-refractivity contribution in [3.8, 4) is 0 Å². The number of hydrogen-bond acceptors (Lipinski definition) is 3. The minimum Gasteiger partial charge on any atom is -0.356 e. The molecule has 3 rings (SSSR count). The maximum absolute atomic E-state index is 13.8. The average Bonchev–Trinajstić information content (AvgIpc) is 2.69. The summed E-state index contributed by atoms with van der Waals surface area (Å²) in [4.78, 5) is 12.4. The van der Waals surface area contributed by atoms with Crippen molar-refractivity contribution in [1.29, 1.82) is 0 Å². The fraction of sp³-hybridized carbons (Fsp3) is 0.650. The predicted octanol–water partition coefficient (Wildman–Crippen LogP) is 3.06. The molecule has 1 saturated heterocycles. The number of carbonyl (C=O) groups excluding carboxylic acids is 1. The van der Waals surface area contributed by atoms with E-state index in [9.17, 15) is 17.6 Å². The van der Waals surface area contributed by atoms with E-state index >= 15 is 0 Å². The van der Waals surface area contributed by atoms with Gasteiger partial charge in [0.25, 0.3) is 0 Å². The molecule has 2 aliphatic rings. The molecule has 0 radical (unpaired) electrons.